The smallest absolute Gasteiger partial charge is 0.264 e. The highest BCUT2D eigenvalue weighted by Gasteiger charge is 2.28. The second kappa shape index (κ2) is 7.99. The van der Waals surface area contributed by atoms with E-state index in [4.69, 9.17) is 16.3 Å². The Labute approximate surface area is 172 Å². The van der Waals surface area contributed by atoms with E-state index in [2.05, 4.69) is 0 Å². The molecule has 0 aliphatic carbocycles. The Morgan fingerprint density at radius 3 is 2.68 bits per heavy atom. The molecule has 0 N–H and O–H groups in total. The van der Waals surface area contributed by atoms with Crippen LogP contribution in [-0.4, -0.2) is 50.1 Å². The maximum absolute atomic E-state index is 12.9. The molecule has 2 aliphatic rings. The van der Waals surface area contributed by atoms with Crippen LogP contribution in [-0.2, 0) is 9.53 Å². The van der Waals surface area contributed by atoms with Gasteiger partial charge in [-0.15, -0.1) is 0 Å². The summed E-state index contributed by atoms with van der Waals surface area (Å²) in [6.45, 7) is 2.29. The van der Waals surface area contributed by atoms with E-state index in [0.29, 0.717) is 41.8 Å². The topological polar surface area (TPSA) is 49.9 Å². The summed E-state index contributed by atoms with van der Waals surface area (Å²) in [4.78, 5) is 30.5. The van der Waals surface area contributed by atoms with Gasteiger partial charge in [-0.25, -0.2) is 0 Å². The molecule has 2 heterocycles. The predicted octanol–water partition coefficient (Wildman–Crippen LogP) is 3.92. The van der Waals surface area contributed by atoms with E-state index >= 15 is 0 Å². The zero-order valence-corrected chi connectivity index (χ0v) is 16.9. The lowest BCUT2D eigenvalue weighted by Gasteiger charge is -2.29. The summed E-state index contributed by atoms with van der Waals surface area (Å²) >= 11 is 7.62. The summed E-state index contributed by atoms with van der Waals surface area (Å²) in [7, 11) is 1.73. The van der Waals surface area contributed by atoms with Gasteiger partial charge < -0.3 is 14.5 Å². The minimum Gasteiger partial charge on any atom is -0.378 e. The summed E-state index contributed by atoms with van der Waals surface area (Å²) in [5.41, 5.74) is 2.13. The van der Waals surface area contributed by atoms with Gasteiger partial charge in [0.25, 0.3) is 11.8 Å². The number of amides is 2. The second-order valence-electron chi connectivity index (χ2n) is 6.58. The number of likely N-dealkylation sites (N-methyl/N-ethyl adjacent to an activating group) is 1. The van der Waals surface area contributed by atoms with Crippen molar-refractivity contribution in [3.05, 3.63) is 63.5 Å². The molecule has 7 heteroatoms. The molecule has 28 heavy (non-hydrogen) atoms. The van der Waals surface area contributed by atoms with Crippen LogP contribution in [0, 0.1) is 0 Å². The number of hydrogen-bond donors (Lipinski definition) is 0. The molecule has 0 unspecified atom stereocenters. The van der Waals surface area contributed by atoms with Crippen LogP contribution in [0.4, 0.5) is 5.69 Å². The fourth-order valence-corrected chi connectivity index (χ4v) is 4.48. The molecule has 1 saturated heterocycles. The number of nitrogens with zero attached hydrogens (tertiary/aromatic N) is 2. The van der Waals surface area contributed by atoms with Gasteiger partial charge in [0, 0.05) is 35.6 Å². The number of morpholine rings is 1. The Hall–Kier alpha value is -2.28. The molecule has 0 bridgehead atoms. The number of hydrogen-bond acceptors (Lipinski definition) is 4. The number of benzene rings is 2. The van der Waals surface area contributed by atoms with E-state index in [1.54, 1.807) is 29.0 Å². The van der Waals surface area contributed by atoms with Gasteiger partial charge in [-0.05, 0) is 35.9 Å². The Morgan fingerprint density at radius 1 is 1.18 bits per heavy atom. The van der Waals surface area contributed by atoms with Crippen LogP contribution in [0.15, 0.2) is 52.3 Å². The van der Waals surface area contributed by atoms with Gasteiger partial charge in [0.1, 0.15) is 0 Å². The number of carbonyl (C=O) groups excluding carboxylic acids is 2. The molecule has 5 nitrogen and oxygen atoms in total. The molecule has 0 radical (unpaired) electrons. The van der Waals surface area contributed by atoms with Gasteiger partial charge in [0.2, 0.25) is 0 Å². The standard InChI is InChI=1S/C21H19ClN2O3S/c1-23-17-12-15(20(25)24-8-10-27-11-9-24)6-7-18(17)28-19(21(23)26)13-14-4-2-3-5-16(14)22/h2-7,12-13H,8-11H2,1H3/b19-13-. The Bertz CT molecular complexity index is 970. The fraction of sp³-hybridized carbons (Fsp3) is 0.238. The molecular weight excluding hydrogens is 396 g/mol. The SMILES string of the molecule is CN1C(=O)/C(=C/c2ccccc2Cl)Sc2ccc(C(=O)N3CCOCC3)cc21. The quantitative estimate of drug-likeness (QED) is 0.699. The molecule has 144 valence electrons. The summed E-state index contributed by atoms with van der Waals surface area (Å²) in [5.74, 6) is -0.150. The van der Waals surface area contributed by atoms with Crippen molar-refractivity contribution in [3.8, 4) is 0 Å². The fourth-order valence-electron chi connectivity index (χ4n) is 3.21. The predicted molar refractivity (Wildman–Crippen MR) is 112 cm³/mol. The highest BCUT2D eigenvalue weighted by molar-refractivity contribution is 8.04. The average molecular weight is 415 g/mol. The highest BCUT2D eigenvalue weighted by Crippen LogP contribution is 2.42. The largest absolute Gasteiger partial charge is 0.378 e. The number of carbonyl (C=O) groups is 2. The lowest BCUT2D eigenvalue weighted by Crippen LogP contribution is -2.40. The Kier molecular flexibility index (Phi) is 5.44. The maximum Gasteiger partial charge on any atom is 0.264 e. The monoisotopic (exact) mass is 414 g/mol. The molecule has 2 aromatic rings. The lowest BCUT2D eigenvalue weighted by molar-refractivity contribution is -0.114. The van der Waals surface area contributed by atoms with Gasteiger partial charge in [-0.3, -0.25) is 9.59 Å². The number of ether oxygens (including phenoxy) is 1. The van der Waals surface area contributed by atoms with Crippen molar-refractivity contribution in [2.45, 2.75) is 4.90 Å². The first-order chi connectivity index (χ1) is 13.5. The van der Waals surface area contributed by atoms with Crippen LogP contribution in [0.25, 0.3) is 6.08 Å². The van der Waals surface area contributed by atoms with Crippen molar-refractivity contribution in [1.82, 2.24) is 4.90 Å². The minimum absolute atomic E-state index is 0.0330. The van der Waals surface area contributed by atoms with Crippen LogP contribution in [0.2, 0.25) is 5.02 Å². The third-order valence-electron chi connectivity index (χ3n) is 4.79. The average Bonchev–Trinajstić information content (AvgIpc) is 2.73. The molecule has 0 atom stereocenters. The summed E-state index contributed by atoms with van der Waals surface area (Å²) in [6, 6.07) is 12.9. The van der Waals surface area contributed by atoms with Gasteiger partial charge >= 0.3 is 0 Å². The number of rotatable bonds is 2. The van der Waals surface area contributed by atoms with Crippen molar-refractivity contribution in [2.75, 3.05) is 38.3 Å². The molecule has 0 aromatic heterocycles. The van der Waals surface area contributed by atoms with E-state index in [0.717, 1.165) is 16.1 Å². The van der Waals surface area contributed by atoms with Gasteiger partial charge in [0.05, 0.1) is 23.8 Å². The zero-order valence-electron chi connectivity index (χ0n) is 15.4. The zero-order chi connectivity index (χ0) is 19.7. The van der Waals surface area contributed by atoms with Gasteiger partial charge in [-0.1, -0.05) is 41.6 Å². The summed E-state index contributed by atoms with van der Waals surface area (Å²) < 4.78 is 5.31. The normalized spacial score (nSPS) is 18.4. The third-order valence-corrected chi connectivity index (χ3v) is 6.21. The van der Waals surface area contributed by atoms with E-state index in [1.165, 1.54) is 11.8 Å². The van der Waals surface area contributed by atoms with Crippen LogP contribution >= 0.6 is 23.4 Å². The first-order valence-corrected chi connectivity index (χ1v) is 10.2. The Morgan fingerprint density at radius 2 is 1.93 bits per heavy atom. The van der Waals surface area contributed by atoms with Gasteiger partial charge in [-0.2, -0.15) is 0 Å². The molecule has 2 amide bonds. The van der Waals surface area contributed by atoms with Crippen LogP contribution in [0.5, 0.6) is 0 Å². The Balaban J connectivity index is 1.63. The van der Waals surface area contributed by atoms with Crippen LogP contribution < -0.4 is 4.90 Å². The summed E-state index contributed by atoms with van der Waals surface area (Å²) in [5, 5.41) is 0.600. The first-order valence-electron chi connectivity index (χ1n) is 8.98. The van der Waals surface area contributed by atoms with Crippen molar-refractivity contribution in [2.24, 2.45) is 0 Å². The van der Waals surface area contributed by atoms with E-state index in [9.17, 15) is 9.59 Å². The molecule has 1 fully saturated rings. The third kappa shape index (κ3) is 3.68. The highest BCUT2D eigenvalue weighted by atomic mass is 35.5. The van der Waals surface area contributed by atoms with Crippen molar-refractivity contribution >= 4 is 46.9 Å². The number of anilines is 1. The number of thioether (sulfide) groups is 1. The molecular formula is C21H19ClN2O3S. The summed E-state index contributed by atoms with van der Waals surface area (Å²) in [6.07, 6.45) is 1.81. The maximum atomic E-state index is 12.9. The minimum atomic E-state index is -0.117. The molecule has 0 saturated carbocycles. The number of halogens is 1. The molecule has 0 spiro atoms. The van der Waals surface area contributed by atoms with E-state index in [-0.39, 0.29) is 11.8 Å². The second-order valence-corrected chi connectivity index (χ2v) is 8.07. The molecule has 2 aliphatic heterocycles. The van der Waals surface area contributed by atoms with Crippen LogP contribution in [0.1, 0.15) is 15.9 Å². The van der Waals surface area contributed by atoms with E-state index < -0.39 is 0 Å². The first kappa shape index (κ1) is 19.1. The molecule has 4 rings (SSSR count). The van der Waals surface area contributed by atoms with Crippen LogP contribution in [0.3, 0.4) is 0 Å². The van der Waals surface area contributed by atoms with Crippen molar-refractivity contribution in [3.63, 3.8) is 0 Å². The van der Waals surface area contributed by atoms with Gasteiger partial charge in [0.15, 0.2) is 0 Å². The lowest BCUT2D eigenvalue weighted by atomic mass is 10.1. The van der Waals surface area contributed by atoms with E-state index in [1.807, 2.05) is 36.4 Å². The van der Waals surface area contributed by atoms with Crippen molar-refractivity contribution < 1.29 is 14.3 Å². The molecule has 2 aromatic carbocycles. The van der Waals surface area contributed by atoms with Crippen molar-refractivity contribution in [1.29, 1.82) is 0 Å². The number of fused-ring (bicyclic) bond motifs is 1.